The summed E-state index contributed by atoms with van der Waals surface area (Å²) >= 11 is 0. The van der Waals surface area contributed by atoms with E-state index >= 15 is 0 Å². The molecule has 154 valence electrons. The fourth-order valence-electron chi connectivity index (χ4n) is 2.57. The van der Waals surface area contributed by atoms with Crippen molar-refractivity contribution in [2.75, 3.05) is 0 Å². The van der Waals surface area contributed by atoms with Gasteiger partial charge in [0, 0.05) is 5.92 Å². The summed E-state index contributed by atoms with van der Waals surface area (Å²) in [4.78, 5) is 0. The van der Waals surface area contributed by atoms with Crippen LogP contribution in [-0.2, 0) is 0 Å². The van der Waals surface area contributed by atoms with Crippen molar-refractivity contribution < 1.29 is 20.4 Å². The van der Waals surface area contributed by atoms with E-state index in [4.69, 9.17) is 10.2 Å². The zero-order chi connectivity index (χ0) is 21.8. The molecule has 0 aromatic heterocycles. The summed E-state index contributed by atoms with van der Waals surface area (Å²) in [5, 5.41) is 35.7. The molecule has 0 bridgehead atoms. The van der Waals surface area contributed by atoms with E-state index in [2.05, 4.69) is 6.92 Å². The Hall–Kier alpha value is -3.92. The van der Waals surface area contributed by atoms with Crippen molar-refractivity contribution in [2.45, 2.75) is 12.8 Å². The zero-order valence-electron chi connectivity index (χ0n) is 16.8. The Morgan fingerprint density at radius 1 is 0.400 bits per heavy atom. The lowest BCUT2D eigenvalue weighted by Gasteiger charge is -2.12. The molecule has 30 heavy (non-hydrogen) atoms. The van der Waals surface area contributed by atoms with Crippen LogP contribution in [0.3, 0.4) is 0 Å². The van der Waals surface area contributed by atoms with Crippen LogP contribution < -0.4 is 0 Å². The van der Waals surface area contributed by atoms with Gasteiger partial charge in [0.2, 0.25) is 0 Å². The monoisotopic (exact) mass is 402 g/mol. The van der Waals surface area contributed by atoms with Crippen LogP contribution in [0.4, 0.5) is 0 Å². The fourth-order valence-corrected chi connectivity index (χ4v) is 2.57. The molecular formula is C26H26O4. The SMILES string of the molecule is CC(c1ccc(O)cc1)c1ccc(O)cc1.Oc1ccccc1.Oc1ccccc1. The normalized spacial score (nSPS) is 9.67. The minimum Gasteiger partial charge on any atom is -0.508 e. The van der Waals surface area contributed by atoms with Crippen molar-refractivity contribution >= 4 is 0 Å². The third-order valence-electron chi connectivity index (χ3n) is 4.30. The summed E-state index contributed by atoms with van der Waals surface area (Å²) in [5.74, 6) is 1.45. The minimum absolute atomic E-state index is 0.251. The second-order valence-corrected chi connectivity index (χ2v) is 6.58. The Kier molecular flexibility index (Phi) is 8.81. The van der Waals surface area contributed by atoms with E-state index in [-0.39, 0.29) is 17.4 Å². The number of para-hydroxylation sites is 2. The molecule has 0 aliphatic heterocycles. The average Bonchev–Trinajstić information content (AvgIpc) is 2.76. The zero-order valence-corrected chi connectivity index (χ0v) is 16.8. The molecule has 4 nitrogen and oxygen atoms in total. The van der Waals surface area contributed by atoms with Gasteiger partial charge in [0.05, 0.1) is 0 Å². The molecule has 0 unspecified atom stereocenters. The van der Waals surface area contributed by atoms with E-state index in [1.165, 1.54) is 0 Å². The number of phenolic OH excluding ortho intramolecular Hbond substituents is 4. The van der Waals surface area contributed by atoms with Crippen molar-refractivity contribution in [3.05, 3.63) is 120 Å². The van der Waals surface area contributed by atoms with Crippen LogP contribution in [0.5, 0.6) is 23.0 Å². The maximum atomic E-state index is 9.21. The van der Waals surface area contributed by atoms with Crippen molar-refractivity contribution in [3.63, 3.8) is 0 Å². The molecule has 0 radical (unpaired) electrons. The van der Waals surface area contributed by atoms with Gasteiger partial charge in [-0.1, -0.05) is 67.6 Å². The van der Waals surface area contributed by atoms with Gasteiger partial charge in [-0.15, -0.1) is 0 Å². The van der Waals surface area contributed by atoms with Crippen LogP contribution >= 0.6 is 0 Å². The Bertz CT molecular complexity index is 884. The number of aromatic hydroxyl groups is 4. The number of rotatable bonds is 2. The van der Waals surface area contributed by atoms with Crippen LogP contribution in [0.1, 0.15) is 24.0 Å². The molecule has 0 fully saturated rings. The Labute approximate surface area is 177 Å². The molecule has 0 saturated carbocycles. The molecular weight excluding hydrogens is 376 g/mol. The summed E-state index contributed by atoms with van der Waals surface area (Å²) in [5.41, 5.74) is 2.28. The van der Waals surface area contributed by atoms with Crippen LogP contribution in [0.25, 0.3) is 0 Å². The quantitative estimate of drug-likeness (QED) is 0.330. The second-order valence-electron chi connectivity index (χ2n) is 6.58. The molecule has 0 aliphatic carbocycles. The van der Waals surface area contributed by atoms with E-state index < -0.39 is 0 Å². The first kappa shape index (κ1) is 22.4. The molecule has 4 aromatic rings. The van der Waals surface area contributed by atoms with E-state index in [1.807, 2.05) is 36.4 Å². The number of benzene rings is 4. The topological polar surface area (TPSA) is 80.9 Å². The van der Waals surface area contributed by atoms with E-state index in [1.54, 1.807) is 72.8 Å². The highest BCUT2D eigenvalue weighted by atomic mass is 16.3. The van der Waals surface area contributed by atoms with Crippen molar-refractivity contribution in [1.29, 1.82) is 0 Å². The summed E-state index contributed by atoms with van der Waals surface area (Å²) in [7, 11) is 0. The molecule has 0 aliphatic rings. The maximum absolute atomic E-state index is 9.21. The Morgan fingerprint density at radius 3 is 0.900 bits per heavy atom. The summed E-state index contributed by atoms with van der Waals surface area (Å²) in [6, 6.07) is 31.8. The number of hydrogen-bond acceptors (Lipinski definition) is 4. The second kappa shape index (κ2) is 11.8. The molecule has 0 atom stereocenters. The van der Waals surface area contributed by atoms with Gasteiger partial charge < -0.3 is 20.4 Å². The third kappa shape index (κ3) is 7.98. The van der Waals surface area contributed by atoms with Crippen molar-refractivity contribution in [1.82, 2.24) is 0 Å². The standard InChI is InChI=1S/C14H14O2.2C6H6O/c1-10(11-2-6-13(15)7-3-11)12-4-8-14(16)9-5-12;2*7-6-4-2-1-3-5-6/h2-10,15-16H,1H3;2*1-5,7H. The van der Waals surface area contributed by atoms with Crippen LogP contribution in [0.2, 0.25) is 0 Å². The highest BCUT2D eigenvalue weighted by molar-refractivity contribution is 5.36. The lowest BCUT2D eigenvalue weighted by Crippen LogP contribution is -1.94. The van der Waals surface area contributed by atoms with E-state index in [0.29, 0.717) is 11.5 Å². The smallest absolute Gasteiger partial charge is 0.115 e. The number of hydrogen-bond donors (Lipinski definition) is 4. The first-order chi connectivity index (χ1) is 14.5. The van der Waals surface area contributed by atoms with Gasteiger partial charge in [-0.05, 0) is 59.7 Å². The first-order valence-corrected chi connectivity index (χ1v) is 9.51. The third-order valence-corrected chi connectivity index (χ3v) is 4.30. The highest BCUT2D eigenvalue weighted by Crippen LogP contribution is 2.26. The summed E-state index contributed by atoms with van der Waals surface area (Å²) in [6.07, 6.45) is 0. The Balaban J connectivity index is 0.000000188. The lowest BCUT2D eigenvalue weighted by atomic mass is 9.93. The molecule has 4 heteroatoms. The van der Waals surface area contributed by atoms with Gasteiger partial charge in [-0.2, -0.15) is 0 Å². The molecule has 4 aromatic carbocycles. The molecule has 0 amide bonds. The first-order valence-electron chi connectivity index (χ1n) is 9.51. The fraction of sp³-hybridized carbons (Fsp3) is 0.0769. The number of phenols is 4. The van der Waals surface area contributed by atoms with E-state index in [9.17, 15) is 10.2 Å². The van der Waals surface area contributed by atoms with Gasteiger partial charge in [0.1, 0.15) is 23.0 Å². The predicted octanol–water partition coefficient (Wildman–Crippen LogP) is 6.03. The van der Waals surface area contributed by atoms with Crippen molar-refractivity contribution in [3.8, 4) is 23.0 Å². The average molecular weight is 402 g/mol. The predicted molar refractivity (Wildman–Crippen MR) is 120 cm³/mol. The van der Waals surface area contributed by atoms with Gasteiger partial charge in [-0.25, -0.2) is 0 Å². The van der Waals surface area contributed by atoms with Gasteiger partial charge in [-0.3, -0.25) is 0 Å². The van der Waals surface area contributed by atoms with Crippen LogP contribution in [0, 0.1) is 0 Å². The van der Waals surface area contributed by atoms with Crippen LogP contribution in [-0.4, -0.2) is 20.4 Å². The van der Waals surface area contributed by atoms with Crippen molar-refractivity contribution in [2.24, 2.45) is 0 Å². The minimum atomic E-state index is 0.251. The van der Waals surface area contributed by atoms with Gasteiger partial charge in [0.15, 0.2) is 0 Å². The molecule has 0 heterocycles. The molecule has 0 spiro atoms. The van der Waals surface area contributed by atoms with E-state index in [0.717, 1.165) is 11.1 Å². The molecule has 0 saturated heterocycles. The van der Waals surface area contributed by atoms with Crippen LogP contribution in [0.15, 0.2) is 109 Å². The van der Waals surface area contributed by atoms with Gasteiger partial charge >= 0.3 is 0 Å². The molecule has 4 rings (SSSR count). The summed E-state index contributed by atoms with van der Waals surface area (Å²) < 4.78 is 0. The maximum Gasteiger partial charge on any atom is 0.115 e. The van der Waals surface area contributed by atoms with Gasteiger partial charge in [0.25, 0.3) is 0 Å². The summed E-state index contributed by atoms with van der Waals surface area (Å²) in [6.45, 7) is 2.10. The Morgan fingerprint density at radius 2 is 0.667 bits per heavy atom. The lowest BCUT2D eigenvalue weighted by molar-refractivity contribution is 0.474. The molecule has 4 N–H and O–H groups in total. The highest BCUT2D eigenvalue weighted by Gasteiger charge is 2.07. The largest absolute Gasteiger partial charge is 0.508 e.